The summed E-state index contributed by atoms with van der Waals surface area (Å²) in [7, 11) is 0. The highest BCUT2D eigenvalue weighted by atomic mass is 16.4. The quantitative estimate of drug-likeness (QED) is 0.119. The molecule has 2 fully saturated rings. The molecule has 59 heavy (non-hydrogen) atoms. The SMILES string of the molecule is CC(=O)N[C@@H](C(=O)N1CCCC1C(=O)Nc1ccc(-c2ncc(-c3ccc4nc([C@@H]5CCCN5C(=O)[C@H](NC(C)=O)c5ccccc5)[nH]c4c3)o2)cc1)c1ccccc1. The fraction of sp³-hybridized carbons (Fsp3) is 0.267. The van der Waals surface area contributed by atoms with Gasteiger partial charge in [-0.15, -0.1) is 0 Å². The Morgan fingerprint density at radius 1 is 0.729 bits per heavy atom. The number of rotatable bonds is 11. The average Bonchev–Trinajstić information content (AvgIpc) is 4.09. The predicted molar refractivity (Wildman–Crippen MR) is 220 cm³/mol. The second-order valence-corrected chi connectivity index (χ2v) is 14.9. The summed E-state index contributed by atoms with van der Waals surface area (Å²) in [5.74, 6) is 0.206. The topological polar surface area (TPSA) is 183 Å². The number of likely N-dealkylation sites (tertiary alicyclic amines) is 2. The molecular formula is C45H44N8O6. The molecule has 0 saturated carbocycles. The fourth-order valence-electron chi connectivity index (χ4n) is 8.03. The molecule has 8 rings (SSSR count). The molecule has 0 spiro atoms. The number of hydrogen-bond acceptors (Lipinski definition) is 8. The average molecular weight is 793 g/mol. The number of amides is 5. The molecule has 6 aromatic rings. The number of hydrogen-bond donors (Lipinski definition) is 4. The minimum Gasteiger partial charge on any atom is -0.436 e. The van der Waals surface area contributed by atoms with Crippen LogP contribution in [-0.4, -0.2) is 73.4 Å². The van der Waals surface area contributed by atoms with E-state index >= 15 is 0 Å². The number of benzene rings is 4. The minimum absolute atomic E-state index is 0.177. The minimum atomic E-state index is -0.887. The molecule has 4 N–H and O–H groups in total. The number of nitrogens with one attached hydrogen (secondary N) is 4. The number of carbonyl (C=O) groups is 5. The van der Waals surface area contributed by atoms with Crippen LogP contribution in [0.1, 0.15) is 74.6 Å². The molecule has 1 unspecified atom stereocenters. The van der Waals surface area contributed by atoms with Crippen LogP contribution in [0.3, 0.4) is 0 Å². The summed E-state index contributed by atoms with van der Waals surface area (Å²) in [5, 5.41) is 8.53. The zero-order valence-electron chi connectivity index (χ0n) is 32.7. The standard InChI is InChI=1S/C45H44N8O6/c1-27(54)47-39(29-11-5-3-6-12-29)44(57)52-23-9-15-36(52)41-50-34-22-19-32(25-35(34)51-41)38-26-46-43(59-38)31-17-20-33(21-18-31)49-42(56)37-16-10-24-53(37)45(58)40(48-28(2)55)30-13-7-4-8-14-30/h3-8,11-14,17-22,25-26,36-37,39-40H,9-10,15-16,23-24H2,1-2H3,(H,47,54)(H,48,55)(H,49,56)(H,50,51)/t36-,37?,39+,40+/m0/s1. The third-order valence-corrected chi connectivity index (χ3v) is 10.8. The van der Waals surface area contributed by atoms with Gasteiger partial charge in [-0.05, 0) is 79.3 Å². The maximum Gasteiger partial charge on any atom is 0.250 e. The molecule has 2 aliphatic heterocycles. The predicted octanol–water partition coefficient (Wildman–Crippen LogP) is 6.23. The van der Waals surface area contributed by atoms with Gasteiger partial charge >= 0.3 is 0 Å². The van der Waals surface area contributed by atoms with E-state index in [0.717, 1.165) is 35.0 Å². The van der Waals surface area contributed by atoms with E-state index in [-0.39, 0.29) is 35.6 Å². The number of fused-ring (bicyclic) bond motifs is 1. The van der Waals surface area contributed by atoms with E-state index in [0.29, 0.717) is 60.2 Å². The molecule has 4 aromatic carbocycles. The van der Waals surface area contributed by atoms with Gasteiger partial charge in [0.05, 0.1) is 23.3 Å². The first-order chi connectivity index (χ1) is 28.6. The Bertz CT molecular complexity index is 2500. The lowest BCUT2D eigenvalue weighted by atomic mass is 10.0. The summed E-state index contributed by atoms with van der Waals surface area (Å²) in [4.78, 5) is 81.3. The Morgan fingerprint density at radius 3 is 1.97 bits per heavy atom. The monoisotopic (exact) mass is 792 g/mol. The third kappa shape index (κ3) is 8.33. The summed E-state index contributed by atoms with van der Waals surface area (Å²) >= 11 is 0. The molecule has 14 heteroatoms. The summed E-state index contributed by atoms with van der Waals surface area (Å²) in [5.41, 5.74) is 4.95. The lowest BCUT2D eigenvalue weighted by Gasteiger charge is -2.28. The molecular weight excluding hydrogens is 749 g/mol. The number of nitrogens with zero attached hydrogens (tertiary/aromatic N) is 4. The Morgan fingerprint density at radius 2 is 1.32 bits per heavy atom. The molecule has 4 atom stereocenters. The first-order valence-electron chi connectivity index (χ1n) is 19.7. The fourth-order valence-corrected chi connectivity index (χ4v) is 8.03. The first-order valence-corrected chi connectivity index (χ1v) is 19.7. The van der Waals surface area contributed by atoms with Gasteiger partial charge in [-0.1, -0.05) is 60.7 Å². The molecule has 2 aliphatic rings. The van der Waals surface area contributed by atoms with Crippen LogP contribution in [0.15, 0.2) is 114 Å². The Balaban J connectivity index is 0.932. The van der Waals surface area contributed by atoms with Gasteiger partial charge in [0.1, 0.15) is 23.9 Å². The smallest absolute Gasteiger partial charge is 0.250 e. The van der Waals surface area contributed by atoms with Crippen molar-refractivity contribution in [2.24, 2.45) is 0 Å². The molecule has 5 amide bonds. The third-order valence-electron chi connectivity index (χ3n) is 10.8. The van der Waals surface area contributed by atoms with E-state index < -0.39 is 18.1 Å². The van der Waals surface area contributed by atoms with Crippen LogP contribution in [0.5, 0.6) is 0 Å². The molecule has 0 radical (unpaired) electrons. The molecule has 0 bridgehead atoms. The van der Waals surface area contributed by atoms with E-state index in [1.807, 2.05) is 54.6 Å². The highest BCUT2D eigenvalue weighted by Gasteiger charge is 2.39. The van der Waals surface area contributed by atoms with E-state index in [2.05, 4.69) is 25.9 Å². The highest BCUT2D eigenvalue weighted by Crippen LogP contribution is 2.35. The molecule has 300 valence electrons. The van der Waals surface area contributed by atoms with Gasteiger partial charge in [0.15, 0.2) is 5.76 Å². The van der Waals surface area contributed by atoms with Gasteiger partial charge in [0.25, 0.3) is 0 Å². The maximum atomic E-state index is 13.9. The second kappa shape index (κ2) is 16.8. The van der Waals surface area contributed by atoms with Crippen molar-refractivity contribution in [1.29, 1.82) is 0 Å². The second-order valence-electron chi connectivity index (χ2n) is 14.9. The van der Waals surface area contributed by atoms with Crippen LogP contribution in [0.4, 0.5) is 5.69 Å². The highest BCUT2D eigenvalue weighted by molar-refractivity contribution is 5.99. The Hall–Kier alpha value is -7.09. The van der Waals surface area contributed by atoms with Gasteiger partial charge < -0.3 is 35.2 Å². The molecule has 14 nitrogen and oxygen atoms in total. The van der Waals surface area contributed by atoms with Crippen LogP contribution in [0, 0.1) is 0 Å². The van der Waals surface area contributed by atoms with Crippen molar-refractivity contribution < 1.29 is 28.4 Å². The van der Waals surface area contributed by atoms with Gasteiger partial charge in [0, 0.05) is 43.8 Å². The number of H-pyrrole nitrogens is 1. The van der Waals surface area contributed by atoms with Crippen LogP contribution in [0.25, 0.3) is 33.8 Å². The Labute approximate surface area is 340 Å². The van der Waals surface area contributed by atoms with Crippen molar-refractivity contribution in [2.75, 3.05) is 18.4 Å². The van der Waals surface area contributed by atoms with Crippen LogP contribution in [-0.2, 0) is 24.0 Å². The molecule has 2 saturated heterocycles. The molecule has 0 aliphatic carbocycles. The zero-order valence-corrected chi connectivity index (χ0v) is 32.7. The van der Waals surface area contributed by atoms with Crippen LogP contribution >= 0.6 is 0 Å². The van der Waals surface area contributed by atoms with Gasteiger partial charge in [-0.25, -0.2) is 9.97 Å². The Kier molecular flexibility index (Phi) is 11.0. The van der Waals surface area contributed by atoms with E-state index in [1.54, 1.807) is 64.5 Å². The summed E-state index contributed by atoms with van der Waals surface area (Å²) in [6.07, 6.45) is 4.38. The number of aromatic amines is 1. The summed E-state index contributed by atoms with van der Waals surface area (Å²) in [6.45, 7) is 3.75. The van der Waals surface area contributed by atoms with Crippen LogP contribution < -0.4 is 16.0 Å². The van der Waals surface area contributed by atoms with Crippen LogP contribution in [0.2, 0.25) is 0 Å². The number of aromatic nitrogens is 3. The number of imidazole rings is 1. The largest absolute Gasteiger partial charge is 0.436 e. The number of carbonyl (C=O) groups excluding carboxylic acids is 5. The van der Waals surface area contributed by atoms with Crippen molar-refractivity contribution in [3.05, 3.63) is 126 Å². The zero-order chi connectivity index (χ0) is 41.0. The first kappa shape index (κ1) is 38.8. The lowest BCUT2D eigenvalue weighted by molar-refractivity contribution is -0.140. The van der Waals surface area contributed by atoms with E-state index in [1.165, 1.54) is 13.8 Å². The van der Waals surface area contributed by atoms with Crippen molar-refractivity contribution in [3.63, 3.8) is 0 Å². The lowest BCUT2D eigenvalue weighted by Crippen LogP contribution is -2.48. The van der Waals surface area contributed by atoms with E-state index in [9.17, 15) is 24.0 Å². The number of anilines is 1. The summed E-state index contributed by atoms with van der Waals surface area (Å²) < 4.78 is 6.19. The normalized spacial score (nSPS) is 17.4. The molecule has 4 heterocycles. The van der Waals surface area contributed by atoms with Crippen molar-refractivity contribution >= 4 is 46.3 Å². The van der Waals surface area contributed by atoms with Gasteiger partial charge in [-0.2, -0.15) is 0 Å². The van der Waals surface area contributed by atoms with Gasteiger partial charge in [0.2, 0.25) is 35.4 Å². The number of oxazole rings is 1. The maximum absolute atomic E-state index is 13.9. The summed E-state index contributed by atoms with van der Waals surface area (Å²) in [6, 6.07) is 28.5. The van der Waals surface area contributed by atoms with Crippen molar-refractivity contribution in [2.45, 2.75) is 63.7 Å². The van der Waals surface area contributed by atoms with Crippen molar-refractivity contribution in [3.8, 4) is 22.8 Å². The van der Waals surface area contributed by atoms with Gasteiger partial charge in [-0.3, -0.25) is 24.0 Å². The van der Waals surface area contributed by atoms with Crippen molar-refractivity contribution in [1.82, 2.24) is 35.4 Å². The van der Waals surface area contributed by atoms with E-state index in [4.69, 9.17) is 9.40 Å². The molecule has 2 aromatic heterocycles.